The van der Waals surface area contributed by atoms with Gasteiger partial charge in [0.15, 0.2) is 0 Å². The van der Waals surface area contributed by atoms with Gasteiger partial charge in [0, 0.05) is 6.04 Å². The zero-order chi connectivity index (χ0) is 15.9. The summed E-state index contributed by atoms with van der Waals surface area (Å²) in [5, 5.41) is 3.32. The van der Waals surface area contributed by atoms with Crippen molar-refractivity contribution in [2.24, 2.45) is 11.7 Å². The SMILES string of the molecule is CCC1CCN(CCCCC(C)(NC(C)C)C(N)=O)CC1. The Morgan fingerprint density at radius 2 is 1.95 bits per heavy atom. The fourth-order valence-electron chi connectivity index (χ4n) is 3.34. The highest BCUT2D eigenvalue weighted by Crippen LogP contribution is 2.21. The Bertz CT molecular complexity index is 311. The molecule has 4 nitrogen and oxygen atoms in total. The number of carbonyl (C=O) groups is 1. The summed E-state index contributed by atoms with van der Waals surface area (Å²) in [6.07, 6.45) is 7.05. The van der Waals surface area contributed by atoms with Crippen LogP contribution < -0.4 is 11.1 Å². The molecule has 0 spiro atoms. The zero-order valence-electron chi connectivity index (χ0n) is 14.5. The molecule has 4 heteroatoms. The lowest BCUT2D eigenvalue weighted by Crippen LogP contribution is -2.55. The highest BCUT2D eigenvalue weighted by molar-refractivity contribution is 5.84. The van der Waals surface area contributed by atoms with Crippen LogP contribution >= 0.6 is 0 Å². The fraction of sp³-hybridized carbons (Fsp3) is 0.941. The van der Waals surface area contributed by atoms with E-state index in [0.717, 1.165) is 31.7 Å². The van der Waals surface area contributed by atoms with Crippen molar-refractivity contribution in [3.8, 4) is 0 Å². The molecule has 1 unspecified atom stereocenters. The van der Waals surface area contributed by atoms with E-state index in [-0.39, 0.29) is 11.9 Å². The number of nitrogens with two attached hydrogens (primary N) is 1. The minimum Gasteiger partial charge on any atom is -0.368 e. The van der Waals surface area contributed by atoms with Crippen LogP contribution in [-0.4, -0.2) is 42.0 Å². The van der Waals surface area contributed by atoms with E-state index in [1.54, 1.807) is 0 Å². The molecule has 0 radical (unpaired) electrons. The summed E-state index contributed by atoms with van der Waals surface area (Å²) < 4.78 is 0. The molecule has 1 fully saturated rings. The maximum Gasteiger partial charge on any atom is 0.237 e. The number of unbranched alkanes of at least 4 members (excludes halogenated alkanes) is 1. The van der Waals surface area contributed by atoms with Gasteiger partial charge in [0.1, 0.15) is 0 Å². The molecule has 1 atom stereocenters. The molecule has 0 bridgehead atoms. The first kappa shape index (κ1) is 18.4. The number of likely N-dealkylation sites (tertiary alicyclic amines) is 1. The standard InChI is InChI=1S/C17H35N3O/c1-5-15-8-12-20(13-9-15)11-7-6-10-17(4,16(18)21)19-14(2)3/h14-15,19H,5-13H2,1-4H3,(H2,18,21). The van der Waals surface area contributed by atoms with Crippen molar-refractivity contribution in [2.45, 2.75) is 77.8 Å². The van der Waals surface area contributed by atoms with Crippen molar-refractivity contribution in [3.05, 3.63) is 0 Å². The van der Waals surface area contributed by atoms with E-state index in [1.807, 2.05) is 6.92 Å². The van der Waals surface area contributed by atoms with E-state index in [2.05, 4.69) is 31.0 Å². The summed E-state index contributed by atoms with van der Waals surface area (Å²) in [5.74, 6) is 0.703. The van der Waals surface area contributed by atoms with Crippen LogP contribution in [0, 0.1) is 5.92 Å². The number of piperidine rings is 1. The van der Waals surface area contributed by atoms with Crippen molar-refractivity contribution >= 4 is 5.91 Å². The van der Waals surface area contributed by atoms with E-state index in [9.17, 15) is 4.79 Å². The molecule has 0 aromatic rings. The maximum atomic E-state index is 11.7. The minimum absolute atomic E-state index is 0.236. The lowest BCUT2D eigenvalue weighted by atomic mass is 9.92. The molecule has 1 rings (SSSR count). The Morgan fingerprint density at radius 1 is 1.33 bits per heavy atom. The smallest absolute Gasteiger partial charge is 0.237 e. The Kier molecular flexibility index (Phi) is 7.67. The molecule has 1 amide bonds. The van der Waals surface area contributed by atoms with E-state index in [1.165, 1.54) is 32.4 Å². The highest BCUT2D eigenvalue weighted by Gasteiger charge is 2.30. The first-order chi connectivity index (χ1) is 9.87. The first-order valence-electron chi connectivity index (χ1n) is 8.67. The molecule has 0 saturated carbocycles. The predicted octanol–water partition coefficient (Wildman–Crippen LogP) is 2.52. The van der Waals surface area contributed by atoms with Crippen LogP contribution in [0.25, 0.3) is 0 Å². The van der Waals surface area contributed by atoms with E-state index < -0.39 is 5.54 Å². The van der Waals surface area contributed by atoms with E-state index >= 15 is 0 Å². The quantitative estimate of drug-likeness (QED) is 0.643. The van der Waals surface area contributed by atoms with Crippen LogP contribution in [0.4, 0.5) is 0 Å². The number of hydrogen-bond donors (Lipinski definition) is 2. The summed E-state index contributed by atoms with van der Waals surface area (Å²) in [4.78, 5) is 14.2. The number of rotatable bonds is 9. The van der Waals surface area contributed by atoms with Crippen molar-refractivity contribution in [2.75, 3.05) is 19.6 Å². The van der Waals surface area contributed by atoms with Gasteiger partial charge in [-0.25, -0.2) is 0 Å². The van der Waals surface area contributed by atoms with Crippen molar-refractivity contribution < 1.29 is 4.79 Å². The van der Waals surface area contributed by atoms with Crippen LogP contribution in [-0.2, 0) is 4.79 Å². The molecule has 1 heterocycles. The lowest BCUT2D eigenvalue weighted by molar-refractivity contribution is -0.124. The number of nitrogens with one attached hydrogen (secondary N) is 1. The monoisotopic (exact) mass is 297 g/mol. The Balaban J connectivity index is 2.24. The summed E-state index contributed by atoms with van der Waals surface area (Å²) in [6.45, 7) is 12.0. The Hall–Kier alpha value is -0.610. The number of hydrogen-bond acceptors (Lipinski definition) is 3. The molecule has 1 aliphatic heterocycles. The molecule has 0 aliphatic carbocycles. The Morgan fingerprint density at radius 3 is 2.43 bits per heavy atom. The second-order valence-corrected chi connectivity index (χ2v) is 7.15. The number of amides is 1. The van der Waals surface area contributed by atoms with Crippen LogP contribution in [0.3, 0.4) is 0 Å². The van der Waals surface area contributed by atoms with E-state index in [4.69, 9.17) is 5.73 Å². The molecule has 1 saturated heterocycles. The summed E-state index contributed by atoms with van der Waals surface area (Å²) in [6, 6.07) is 0.274. The third-order valence-electron chi connectivity index (χ3n) is 4.84. The second kappa shape index (κ2) is 8.74. The highest BCUT2D eigenvalue weighted by atomic mass is 16.1. The lowest BCUT2D eigenvalue weighted by Gasteiger charge is -2.32. The molecule has 3 N–H and O–H groups in total. The zero-order valence-corrected chi connectivity index (χ0v) is 14.5. The molecular weight excluding hydrogens is 262 g/mol. The maximum absolute atomic E-state index is 11.7. The van der Waals surface area contributed by atoms with Crippen molar-refractivity contribution in [3.63, 3.8) is 0 Å². The summed E-state index contributed by atoms with van der Waals surface area (Å²) in [5.41, 5.74) is 5.00. The number of primary amides is 1. The first-order valence-corrected chi connectivity index (χ1v) is 8.67. The van der Waals surface area contributed by atoms with Gasteiger partial charge in [-0.2, -0.15) is 0 Å². The van der Waals surface area contributed by atoms with Crippen LogP contribution in [0.1, 0.15) is 66.2 Å². The van der Waals surface area contributed by atoms with Crippen LogP contribution in [0.15, 0.2) is 0 Å². The minimum atomic E-state index is -0.566. The van der Waals surface area contributed by atoms with Gasteiger partial charge in [-0.3, -0.25) is 4.79 Å². The largest absolute Gasteiger partial charge is 0.368 e. The van der Waals surface area contributed by atoms with Gasteiger partial charge < -0.3 is 16.0 Å². The summed E-state index contributed by atoms with van der Waals surface area (Å²) >= 11 is 0. The third-order valence-corrected chi connectivity index (χ3v) is 4.84. The van der Waals surface area contributed by atoms with Gasteiger partial charge in [-0.15, -0.1) is 0 Å². The normalized spacial score (nSPS) is 20.6. The summed E-state index contributed by atoms with van der Waals surface area (Å²) in [7, 11) is 0. The molecular formula is C17H35N3O. The van der Waals surface area contributed by atoms with Gasteiger partial charge in [0.05, 0.1) is 5.54 Å². The van der Waals surface area contributed by atoms with Gasteiger partial charge in [0.25, 0.3) is 0 Å². The van der Waals surface area contributed by atoms with Gasteiger partial charge in [-0.1, -0.05) is 13.3 Å². The topological polar surface area (TPSA) is 58.4 Å². The van der Waals surface area contributed by atoms with E-state index in [0.29, 0.717) is 0 Å². The predicted molar refractivity (Wildman–Crippen MR) is 89.2 cm³/mol. The van der Waals surface area contributed by atoms with Gasteiger partial charge >= 0.3 is 0 Å². The molecule has 124 valence electrons. The number of nitrogens with zero attached hydrogens (tertiary/aromatic N) is 1. The third kappa shape index (κ3) is 6.35. The molecule has 21 heavy (non-hydrogen) atoms. The average molecular weight is 297 g/mol. The van der Waals surface area contributed by atoms with Gasteiger partial charge in [0.2, 0.25) is 5.91 Å². The average Bonchev–Trinajstić information content (AvgIpc) is 2.43. The molecule has 0 aromatic heterocycles. The Labute approximate surface area is 130 Å². The molecule has 0 aromatic carbocycles. The van der Waals surface area contributed by atoms with Crippen LogP contribution in [0.2, 0.25) is 0 Å². The number of carbonyl (C=O) groups excluding carboxylic acids is 1. The van der Waals surface area contributed by atoms with Gasteiger partial charge in [-0.05, 0) is 78.4 Å². The van der Waals surface area contributed by atoms with Crippen molar-refractivity contribution in [1.29, 1.82) is 0 Å². The van der Waals surface area contributed by atoms with Crippen molar-refractivity contribution in [1.82, 2.24) is 10.2 Å². The van der Waals surface area contributed by atoms with Crippen LogP contribution in [0.5, 0.6) is 0 Å². The second-order valence-electron chi connectivity index (χ2n) is 7.15. The molecule has 1 aliphatic rings. The fourth-order valence-corrected chi connectivity index (χ4v) is 3.34.